The molecule has 1 aliphatic heterocycles. The molecule has 1 amide bonds. The molecule has 1 saturated heterocycles. The predicted molar refractivity (Wildman–Crippen MR) is 101 cm³/mol. The molecule has 25 heavy (non-hydrogen) atoms. The van der Waals surface area contributed by atoms with Crippen LogP contribution < -0.4 is 5.32 Å². The van der Waals surface area contributed by atoms with Crippen LogP contribution in [0.15, 0.2) is 60.9 Å². The van der Waals surface area contributed by atoms with Crippen LogP contribution in [0.25, 0.3) is 6.08 Å². The molecule has 0 bridgehead atoms. The lowest BCUT2D eigenvalue weighted by Crippen LogP contribution is -2.25. The summed E-state index contributed by atoms with van der Waals surface area (Å²) in [6.07, 6.45) is 9.09. The Hall–Kier alpha value is -2.46. The van der Waals surface area contributed by atoms with Gasteiger partial charge < -0.3 is 5.32 Å². The van der Waals surface area contributed by atoms with Crippen molar-refractivity contribution in [3.05, 3.63) is 72.1 Å². The zero-order chi connectivity index (χ0) is 17.3. The Labute approximate surface area is 149 Å². The monoisotopic (exact) mass is 335 g/mol. The van der Waals surface area contributed by atoms with E-state index in [9.17, 15) is 4.79 Å². The molecule has 1 fully saturated rings. The molecule has 1 atom stereocenters. The average molecular weight is 335 g/mol. The molecule has 1 aromatic carbocycles. The predicted octanol–water partition coefficient (Wildman–Crippen LogP) is 3.12. The first kappa shape index (κ1) is 17.4. The number of rotatable bonds is 7. The van der Waals surface area contributed by atoms with Crippen LogP contribution in [0.5, 0.6) is 0 Å². The van der Waals surface area contributed by atoms with E-state index in [0.717, 1.165) is 38.2 Å². The number of aromatic nitrogens is 1. The third kappa shape index (κ3) is 5.84. The maximum atomic E-state index is 11.9. The lowest BCUT2D eigenvalue weighted by atomic mass is 10.1. The minimum atomic E-state index is -0.0389. The van der Waals surface area contributed by atoms with E-state index in [-0.39, 0.29) is 5.91 Å². The number of carbonyl (C=O) groups is 1. The quantitative estimate of drug-likeness (QED) is 0.791. The van der Waals surface area contributed by atoms with Crippen molar-refractivity contribution < 1.29 is 4.79 Å². The summed E-state index contributed by atoms with van der Waals surface area (Å²) in [7, 11) is 0. The summed E-state index contributed by atoms with van der Waals surface area (Å²) in [5.74, 6) is 0.634. The van der Waals surface area contributed by atoms with E-state index in [1.807, 2.05) is 12.1 Å². The highest BCUT2D eigenvalue weighted by molar-refractivity contribution is 5.91. The van der Waals surface area contributed by atoms with Gasteiger partial charge in [-0.15, -0.1) is 0 Å². The van der Waals surface area contributed by atoms with E-state index in [4.69, 9.17) is 0 Å². The Morgan fingerprint density at radius 1 is 1.24 bits per heavy atom. The van der Waals surface area contributed by atoms with Crippen LogP contribution in [0.2, 0.25) is 0 Å². The van der Waals surface area contributed by atoms with Crippen molar-refractivity contribution in [3.63, 3.8) is 0 Å². The van der Waals surface area contributed by atoms with E-state index in [0.29, 0.717) is 5.92 Å². The van der Waals surface area contributed by atoms with Crippen LogP contribution >= 0.6 is 0 Å². The van der Waals surface area contributed by atoms with Gasteiger partial charge in [0.25, 0.3) is 0 Å². The molecule has 130 valence electrons. The molecule has 2 heterocycles. The summed E-state index contributed by atoms with van der Waals surface area (Å²) in [5.41, 5.74) is 2.31. The van der Waals surface area contributed by atoms with Crippen LogP contribution in [0, 0.1) is 5.92 Å². The number of likely N-dealkylation sites (tertiary alicyclic amines) is 1. The summed E-state index contributed by atoms with van der Waals surface area (Å²) < 4.78 is 0. The van der Waals surface area contributed by atoms with Gasteiger partial charge in [-0.3, -0.25) is 14.7 Å². The number of carbonyl (C=O) groups excluding carboxylic acids is 1. The average Bonchev–Trinajstić information content (AvgIpc) is 3.09. The maximum absolute atomic E-state index is 11.9. The van der Waals surface area contributed by atoms with Gasteiger partial charge in [0.15, 0.2) is 0 Å². The Bertz CT molecular complexity index is 685. The minimum Gasteiger partial charge on any atom is -0.353 e. The second-order valence-corrected chi connectivity index (χ2v) is 6.57. The van der Waals surface area contributed by atoms with Crippen LogP contribution in [-0.4, -0.2) is 35.4 Å². The zero-order valence-electron chi connectivity index (χ0n) is 14.5. The molecule has 2 aromatic rings. The summed E-state index contributed by atoms with van der Waals surface area (Å²) in [5, 5.41) is 2.98. The highest BCUT2D eigenvalue weighted by Gasteiger charge is 2.21. The van der Waals surface area contributed by atoms with Gasteiger partial charge in [0.05, 0.1) is 0 Å². The molecule has 1 unspecified atom stereocenters. The molecule has 1 aromatic heterocycles. The van der Waals surface area contributed by atoms with Gasteiger partial charge in [0.2, 0.25) is 5.91 Å². The number of nitrogens with one attached hydrogen (secondary N) is 1. The van der Waals surface area contributed by atoms with Crippen molar-refractivity contribution in [1.82, 2.24) is 15.2 Å². The molecular formula is C21H25N3O. The van der Waals surface area contributed by atoms with Crippen molar-refractivity contribution in [2.24, 2.45) is 5.92 Å². The van der Waals surface area contributed by atoms with Gasteiger partial charge in [0.1, 0.15) is 0 Å². The fourth-order valence-corrected chi connectivity index (χ4v) is 3.24. The topological polar surface area (TPSA) is 45.2 Å². The van der Waals surface area contributed by atoms with Gasteiger partial charge in [-0.1, -0.05) is 36.4 Å². The first-order valence-corrected chi connectivity index (χ1v) is 8.92. The highest BCUT2D eigenvalue weighted by Crippen LogP contribution is 2.20. The second kappa shape index (κ2) is 9.14. The van der Waals surface area contributed by atoms with E-state index in [2.05, 4.69) is 45.5 Å². The number of hydrogen-bond acceptors (Lipinski definition) is 3. The first-order chi connectivity index (χ1) is 12.3. The largest absolute Gasteiger partial charge is 0.353 e. The summed E-state index contributed by atoms with van der Waals surface area (Å²) >= 11 is 0. The van der Waals surface area contributed by atoms with Crippen molar-refractivity contribution in [2.75, 3.05) is 19.6 Å². The summed E-state index contributed by atoms with van der Waals surface area (Å²) in [4.78, 5) is 18.4. The number of pyridine rings is 1. The lowest BCUT2D eigenvalue weighted by Gasteiger charge is -2.16. The lowest BCUT2D eigenvalue weighted by molar-refractivity contribution is -0.116. The van der Waals surface area contributed by atoms with E-state index in [1.165, 1.54) is 12.0 Å². The van der Waals surface area contributed by atoms with Gasteiger partial charge in [-0.25, -0.2) is 0 Å². The van der Waals surface area contributed by atoms with Crippen LogP contribution in [0.4, 0.5) is 0 Å². The molecule has 0 radical (unpaired) electrons. The SMILES string of the molecule is O=C(/C=C/c1cccnc1)NCCC1CCN(Cc2ccccc2)C1. The van der Waals surface area contributed by atoms with Gasteiger partial charge >= 0.3 is 0 Å². The fraction of sp³-hybridized carbons (Fsp3) is 0.333. The van der Waals surface area contributed by atoms with Gasteiger partial charge in [0, 0.05) is 38.1 Å². The maximum Gasteiger partial charge on any atom is 0.244 e. The Balaban J connectivity index is 1.34. The number of hydrogen-bond donors (Lipinski definition) is 1. The van der Waals surface area contributed by atoms with Crippen molar-refractivity contribution in [3.8, 4) is 0 Å². The first-order valence-electron chi connectivity index (χ1n) is 8.92. The number of benzene rings is 1. The van der Waals surface area contributed by atoms with Crippen molar-refractivity contribution in [2.45, 2.75) is 19.4 Å². The zero-order valence-corrected chi connectivity index (χ0v) is 14.5. The molecule has 4 nitrogen and oxygen atoms in total. The molecule has 0 spiro atoms. The molecule has 1 N–H and O–H groups in total. The highest BCUT2D eigenvalue weighted by atomic mass is 16.1. The molecule has 0 aliphatic carbocycles. The number of nitrogens with zero attached hydrogens (tertiary/aromatic N) is 2. The van der Waals surface area contributed by atoms with E-state index < -0.39 is 0 Å². The Morgan fingerprint density at radius 2 is 2.12 bits per heavy atom. The molecule has 1 aliphatic rings. The third-order valence-electron chi connectivity index (χ3n) is 4.58. The molecular weight excluding hydrogens is 310 g/mol. The third-order valence-corrected chi connectivity index (χ3v) is 4.58. The van der Waals surface area contributed by atoms with Crippen molar-refractivity contribution in [1.29, 1.82) is 0 Å². The standard InChI is InChI=1S/C21H25N3O/c25-21(9-8-18-7-4-12-22-15-18)23-13-10-20-11-14-24(17-20)16-19-5-2-1-3-6-19/h1-9,12,15,20H,10-11,13-14,16-17H2,(H,23,25)/b9-8+. The fourth-order valence-electron chi connectivity index (χ4n) is 3.24. The second-order valence-electron chi connectivity index (χ2n) is 6.57. The van der Waals surface area contributed by atoms with Crippen LogP contribution in [0.1, 0.15) is 24.0 Å². The van der Waals surface area contributed by atoms with Crippen molar-refractivity contribution >= 4 is 12.0 Å². The molecule has 3 rings (SSSR count). The normalized spacial score (nSPS) is 17.8. The summed E-state index contributed by atoms with van der Waals surface area (Å²) in [6, 6.07) is 14.4. The molecule has 0 saturated carbocycles. The van der Waals surface area contributed by atoms with Gasteiger partial charge in [-0.2, -0.15) is 0 Å². The minimum absolute atomic E-state index is 0.0389. The van der Waals surface area contributed by atoms with Crippen LogP contribution in [0.3, 0.4) is 0 Å². The van der Waals surface area contributed by atoms with E-state index in [1.54, 1.807) is 24.5 Å². The van der Waals surface area contributed by atoms with Crippen LogP contribution in [-0.2, 0) is 11.3 Å². The Kier molecular flexibility index (Phi) is 6.35. The summed E-state index contributed by atoms with van der Waals surface area (Å²) in [6.45, 7) is 4.03. The smallest absolute Gasteiger partial charge is 0.244 e. The van der Waals surface area contributed by atoms with E-state index >= 15 is 0 Å². The Morgan fingerprint density at radius 3 is 2.92 bits per heavy atom. The molecule has 4 heteroatoms. The number of amides is 1. The van der Waals surface area contributed by atoms with Gasteiger partial charge in [-0.05, 0) is 48.6 Å².